The van der Waals surface area contributed by atoms with E-state index in [-0.39, 0.29) is 17.1 Å². The zero-order chi connectivity index (χ0) is 21.3. The predicted octanol–water partition coefficient (Wildman–Crippen LogP) is 7.09. The van der Waals surface area contributed by atoms with Gasteiger partial charge in [0.15, 0.2) is 0 Å². The fourth-order valence-corrected chi connectivity index (χ4v) is 3.35. The molecule has 0 unspecified atom stereocenters. The lowest BCUT2D eigenvalue weighted by atomic mass is 9.99. The van der Waals surface area contributed by atoms with Gasteiger partial charge in [0, 0.05) is 28.8 Å². The van der Waals surface area contributed by atoms with Gasteiger partial charge in [-0.25, -0.2) is 4.39 Å². The third kappa shape index (κ3) is 4.09. The molecule has 0 N–H and O–H groups in total. The molecule has 0 aliphatic rings. The van der Waals surface area contributed by atoms with E-state index in [1.807, 2.05) is 0 Å². The summed E-state index contributed by atoms with van der Waals surface area (Å²) in [6, 6.07) is 17.8. The Morgan fingerprint density at radius 3 is 2.57 bits per heavy atom. The van der Waals surface area contributed by atoms with Crippen LogP contribution in [0.4, 0.5) is 17.6 Å². The SMILES string of the molecule is Fc1ccc(COc2cccc(-c3[c]cnc4c(C(F)(F)F)cccc34)c2)c(Cl)c1. The maximum absolute atomic E-state index is 13.3. The number of alkyl halides is 3. The van der Waals surface area contributed by atoms with Crippen LogP contribution in [0.25, 0.3) is 22.0 Å². The van der Waals surface area contributed by atoms with Crippen molar-refractivity contribution in [3.05, 3.63) is 94.9 Å². The molecule has 151 valence electrons. The van der Waals surface area contributed by atoms with Crippen molar-refractivity contribution in [2.24, 2.45) is 0 Å². The first kappa shape index (κ1) is 20.2. The van der Waals surface area contributed by atoms with Crippen LogP contribution in [0.3, 0.4) is 0 Å². The van der Waals surface area contributed by atoms with Crippen LogP contribution in [0, 0.1) is 11.9 Å². The summed E-state index contributed by atoms with van der Waals surface area (Å²) >= 11 is 6.02. The maximum atomic E-state index is 13.3. The van der Waals surface area contributed by atoms with Crippen LogP contribution >= 0.6 is 11.6 Å². The third-order valence-corrected chi connectivity index (χ3v) is 4.90. The maximum Gasteiger partial charge on any atom is 0.418 e. The average molecular weight is 431 g/mol. The molecule has 4 aromatic rings. The fourth-order valence-electron chi connectivity index (χ4n) is 3.13. The van der Waals surface area contributed by atoms with Gasteiger partial charge in [0.1, 0.15) is 18.2 Å². The molecule has 0 spiro atoms. The molecule has 0 saturated heterocycles. The zero-order valence-corrected chi connectivity index (χ0v) is 16.1. The van der Waals surface area contributed by atoms with E-state index < -0.39 is 17.6 Å². The van der Waals surface area contributed by atoms with Crippen molar-refractivity contribution in [1.29, 1.82) is 0 Å². The van der Waals surface area contributed by atoms with Gasteiger partial charge >= 0.3 is 6.18 Å². The Labute approximate surface area is 174 Å². The third-order valence-electron chi connectivity index (χ3n) is 4.55. The molecule has 3 aromatic carbocycles. The summed E-state index contributed by atoms with van der Waals surface area (Å²) in [6.45, 7) is 0.113. The fraction of sp³-hybridized carbons (Fsp3) is 0.0870. The highest BCUT2D eigenvalue weighted by Crippen LogP contribution is 2.37. The Bertz CT molecular complexity index is 1220. The van der Waals surface area contributed by atoms with Crippen LogP contribution in [0.15, 0.2) is 66.9 Å². The standard InChI is InChI=1S/C23H13ClF4NO/c24-21-12-16(25)8-7-15(21)13-30-17-4-1-3-14(11-17)18-9-10-29-22-19(18)5-2-6-20(22)23(26,27)28/h1-8,10-12H,13H2. The van der Waals surface area contributed by atoms with Crippen LogP contribution in [-0.2, 0) is 12.8 Å². The van der Waals surface area contributed by atoms with E-state index in [2.05, 4.69) is 11.1 Å². The quantitative estimate of drug-likeness (QED) is 0.322. The summed E-state index contributed by atoms with van der Waals surface area (Å²) in [5.41, 5.74) is 0.789. The Balaban J connectivity index is 1.68. The number of para-hydroxylation sites is 1. The second-order valence-corrected chi connectivity index (χ2v) is 6.94. The first-order valence-corrected chi connectivity index (χ1v) is 9.24. The molecule has 1 radical (unpaired) electrons. The van der Waals surface area contributed by atoms with Crippen LogP contribution in [0.2, 0.25) is 5.02 Å². The highest BCUT2D eigenvalue weighted by Gasteiger charge is 2.33. The molecule has 0 aliphatic heterocycles. The number of benzene rings is 3. The van der Waals surface area contributed by atoms with Gasteiger partial charge in [-0.1, -0.05) is 41.9 Å². The topological polar surface area (TPSA) is 22.1 Å². The van der Waals surface area contributed by atoms with Gasteiger partial charge in [0.2, 0.25) is 0 Å². The van der Waals surface area contributed by atoms with Gasteiger partial charge in [-0.3, -0.25) is 4.98 Å². The van der Waals surface area contributed by atoms with Crippen molar-refractivity contribution in [3.63, 3.8) is 0 Å². The lowest BCUT2D eigenvalue weighted by Crippen LogP contribution is -2.06. The second kappa shape index (κ2) is 7.95. The number of nitrogens with zero attached hydrogens (tertiary/aromatic N) is 1. The molecule has 0 saturated carbocycles. The molecule has 30 heavy (non-hydrogen) atoms. The molecule has 0 atom stereocenters. The molecule has 2 nitrogen and oxygen atoms in total. The number of hydrogen-bond acceptors (Lipinski definition) is 2. The normalized spacial score (nSPS) is 11.6. The molecular weight excluding hydrogens is 418 g/mol. The number of pyridine rings is 1. The van der Waals surface area contributed by atoms with Gasteiger partial charge in [-0.2, -0.15) is 13.2 Å². The van der Waals surface area contributed by atoms with E-state index >= 15 is 0 Å². The lowest BCUT2D eigenvalue weighted by Gasteiger charge is -2.13. The largest absolute Gasteiger partial charge is 0.489 e. The number of halogens is 5. The van der Waals surface area contributed by atoms with Gasteiger partial charge in [-0.05, 0) is 35.9 Å². The van der Waals surface area contributed by atoms with Crippen molar-refractivity contribution in [2.45, 2.75) is 12.8 Å². The molecule has 0 amide bonds. The Hall–Kier alpha value is -3.12. The number of hydrogen-bond donors (Lipinski definition) is 0. The molecule has 1 heterocycles. The zero-order valence-electron chi connectivity index (χ0n) is 15.3. The summed E-state index contributed by atoms with van der Waals surface area (Å²) in [5, 5.41) is 0.588. The highest BCUT2D eigenvalue weighted by atomic mass is 35.5. The Kier molecular flexibility index (Phi) is 5.35. The highest BCUT2D eigenvalue weighted by molar-refractivity contribution is 6.31. The van der Waals surface area contributed by atoms with E-state index in [0.717, 1.165) is 6.07 Å². The molecule has 0 aliphatic carbocycles. The summed E-state index contributed by atoms with van der Waals surface area (Å²) in [6.07, 6.45) is -3.27. The number of ether oxygens (including phenoxy) is 1. The summed E-state index contributed by atoms with van der Waals surface area (Å²) in [5.74, 6) is 0.0438. The second-order valence-electron chi connectivity index (χ2n) is 6.53. The van der Waals surface area contributed by atoms with Crippen molar-refractivity contribution in [1.82, 2.24) is 4.98 Å². The Morgan fingerprint density at radius 2 is 1.80 bits per heavy atom. The van der Waals surface area contributed by atoms with E-state index in [9.17, 15) is 17.6 Å². The number of rotatable bonds is 4. The van der Waals surface area contributed by atoms with Gasteiger partial charge in [0.05, 0.1) is 16.1 Å². The van der Waals surface area contributed by atoms with Crippen molar-refractivity contribution in [2.75, 3.05) is 0 Å². The summed E-state index contributed by atoms with van der Waals surface area (Å²) in [7, 11) is 0. The van der Waals surface area contributed by atoms with Crippen molar-refractivity contribution in [3.8, 4) is 16.9 Å². The van der Waals surface area contributed by atoms with Crippen LogP contribution in [-0.4, -0.2) is 4.98 Å². The van der Waals surface area contributed by atoms with Gasteiger partial charge in [0.25, 0.3) is 0 Å². The molecule has 1 aromatic heterocycles. The van der Waals surface area contributed by atoms with E-state index in [4.69, 9.17) is 16.3 Å². The minimum Gasteiger partial charge on any atom is -0.489 e. The minimum absolute atomic E-state index is 0.113. The minimum atomic E-state index is -4.51. The van der Waals surface area contributed by atoms with E-state index in [1.54, 1.807) is 30.3 Å². The van der Waals surface area contributed by atoms with Crippen molar-refractivity contribution < 1.29 is 22.3 Å². The van der Waals surface area contributed by atoms with Crippen LogP contribution < -0.4 is 4.74 Å². The predicted molar refractivity (Wildman–Crippen MR) is 107 cm³/mol. The molecule has 0 bridgehead atoms. The number of aromatic nitrogens is 1. The van der Waals surface area contributed by atoms with Gasteiger partial charge < -0.3 is 4.74 Å². The van der Waals surface area contributed by atoms with Crippen molar-refractivity contribution >= 4 is 22.5 Å². The molecule has 0 fully saturated rings. The Morgan fingerprint density at radius 1 is 1.00 bits per heavy atom. The first-order chi connectivity index (χ1) is 14.3. The monoisotopic (exact) mass is 430 g/mol. The summed E-state index contributed by atoms with van der Waals surface area (Å²) < 4.78 is 58.9. The lowest BCUT2D eigenvalue weighted by molar-refractivity contribution is -0.136. The summed E-state index contributed by atoms with van der Waals surface area (Å²) in [4.78, 5) is 3.90. The molecular formula is C23H13ClF4NO. The van der Waals surface area contributed by atoms with E-state index in [0.29, 0.717) is 27.8 Å². The van der Waals surface area contributed by atoms with E-state index in [1.165, 1.54) is 30.5 Å². The molecule has 7 heteroatoms. The number of fused-ring (bicyclic) bond motifs is 1. The average Bonchev–Trinajstić information content (AvgIpc) is 2.72. The smallest absolute Gasteiger partial charge is 0.418 e. The van der Waals surface area contributed by atoms with Gasteiger partial charge in [-0.15, -0.1) is 0 Å². The van der Waals surface area contributed by atoms with Crippen LogP contribution in [0.1, 0.15) is 11.1 Å². The van der Waals surface area contributed by atoms with Crippen LogP contribution in [0.5, 0.6) is 5.75 Å². The molecule has 4 rings (SSSR count). The first-order valence-electron chi connectivity index (χ1n) is 8.87.